The first kappa shape index (κ1) is 15.0. The summed E-state index contributed by atoms with van der Waals surface area (Å²) in [6, 6.07) is 0. The predicted octanol–water partition coefficient (Wildman–Crippen LogP) is 1.54. The number of carboxylic acid groups (broad SMARTS) is 1. The van der Waals surface area contributed by atoms with E-state index in [0.29, 0.717) is 22.9 Å². The summed E-state index contributed by atoms with van der Waals surface area (Å²) in [6.45, 7) is 2.41. The summed E-state index contributed by atoms with van der Waals surface area (Å²) < 4.78 is 0. The highest BCUT2D eigenvalue weighted by Gasteiger charge is 2.18. The fourth-order valence-electron chi connectivity index (χ4n) is 1.70. The number of hydrogen-bond donors (Lipinski definition) is 1. The second kappa shape index (κ2) is 6.89. The molecule has 2 rings (SSSR count). The molecule has 0 spiro atoms. The third-order valence-electron chi connectivity index (χ3n) is 2.77. The van der Waals surface area contributed by atoms with Crippen LogP contribution in [-0.2, 0) is 4.79 Å². The van der Waals surface area contributed by atoms with Crippen molar-refractivity contribution in [3.05, 3.63) is 29.7 Å². The fourth-order valence-corrected chi connectivity index (χ4v) is 2.45. The molecule has 0 saturated carbocycles. The Morgan fingerprint density at radius 1 is 1.38 bits per heavy atom. The molecule has 7 nitrogen and oxygen atoms in total. The van der Waals surface area contributed by atoms with Crippen LogP contribution < -0.4 is 0 Å². The molecular weight excluding hydrogens is 292 g/mol. The molecule has 0 bridgehead atoms. The van der Waals surface area contributed by atoms with Gasteiger partial charge in [-0.3, -0.25) is 19.6 Å². The third kappa shape index (κ3) is 3.82. The topological polar surface area (TPSA) is 96.3 Å². The van der Waals surface area contributed by atoms with Crippen molar-refractivity contribution in [3.8, 4) is 10.7 Å². The molecule has 110 valence electrons. The number of aromatic nitrogens is 3. The average molecular weight is 306 g/mol. The van der Waals surface area contributed by atoms with E-state index in [-0.39, 0.29) is 18.9 Å². The van der Waals surface area contributed by atoms with Crippen LogP contribution in [0.25, 0.3) is 10.7 Å². The van der Waals surface area contributed by atoms with E-state index < -0.39 is 5.97 Å². The summed E-state index contributed by atoms with van der Waals surface area (Å²) in [5, 5.41) is 11.0. The number of rotatable bonds is 6. The molecule has 1 N–H and O–H groups in total. The molecule has 2 aromatic rings. The Bertz CT molecular complexity index is 629. The molecule has 0 aliphatic carbocycles. The fraction of sp³-hybridized carbons (Fsp3) is 0.308. The van der Waals surface area contributed by atoms with Gasteiger partial charge in [0.25, 0.3) is 5.91 Å². The zero-order chi connectivity index (χ0) is 15.2. The lowest BCUT2D eigenvalue weighted by atomic mass is 10.3. The minimum atomic E-state index is -0.931. The van der Waals surface area contributed by atoms with Crippen LogP contribution in [0.2, 0.25) is 0 Å². The molecule has 0 atom stereocenters. The summed E-state index contributed by atoms with van der Waals surface area (Å²) in [5.74, 6) is -1.20. The van der Waals surface area contributed by atoms with Gasteiger partial charge < -0.3 is 10.0 Å². The molecule has 1 amide bonds. The Balaban J connectivity index is 2.12. The Hall–Kier alpha value is -2.35. The summed E-state index contributed by atoms with van der Waals surface area (Å²) in [4.78, 5) is 36.7. The maximum Gasteiger partial charge on any atom is 0.305 e. The molecule has 0 aliphatic heterocycles. The van der Waals surface area contributed by atoms with Crippen LogP contribution in [0.1, 0.15) is 23.8 Å². The average Bonchev–Trinajstić information content (AvgIpc) is 2.98. The van der Waals surface area contributed by atoms with E-state index in [1.54, 1.807) is 30.9 Å². The smallest absolute Gasteiger partial charge is 0.305 e. The van der Waals surface area contributed by atoms with Crippen molar-refractivity contribution in [3.63, 3.8) is 0 Å². The van der Waals surface area contributed by atoms with E-state index >= 15 is 0 Å². The highest BCUT2D eigenvalue weighted by atomic mass is 32.1. The third-order valence-corrected chi connectivity index (χ3v) is 3.63. The van der Waals surface area contributed by atoms with E-state index in [1.807, 2.05) is 0 Å². The van der Waals surface area contributed by atoms with Gasteiger partial charge >= 0.3 is 5.97 Å². The van der Waals surface area contributed by atoms with Crippen LogP contribution in [0.4, 0.5) is 0 Å². The van der Waals surface area contributed by atoms with Crippen LogP contribution in [0.5, 0.6) is 0 Å². The van der Waals surface area contributed by atoms with Crippen molar-refractivity contribution in [2.75, 3.05) is 13.1 Å². The van der Waals surface area contributed by atoms with Gasteiger partial charge in [-0.15, -0.1) is 11.3 Å². The number of hydrogen-bond acceptors (Lipinski definition) is 6. The predicted molar refractivity (Wildman–Crippen MR) is 77.0 cm³/mol. The van der Waals surface area contributed by atoms with Gasteiger partial charge in [-0.25, -0.2) is 4.98 Å². The zero-order valence-corrected chi connectivity index (χ0v) is 12.2. The number of carboxylic acids is 1. The number of amides is 1. The van der Waals surface area contributed by atoms with E-state index in [9.17, 15) is 9.59 Å². The number of nitrogens with zero attached hydrogens (tertiary/aromatic N) is 4. The maximum absolute atomic E-state index is 12.3. The summed E-state index contributed by atoms with van der Waals surface area (Å²) in [5.41, 5.74) is 0.906. The first-order chi connectivity index (χ1) is 10.1. The maximum atomic E-state index is 12.3. The van der Waals surface area contributed by atoms with Gasteiger partial charge in [0, 0.05) is 30.9 Å². The number of thiazole rings is 1. The van der Waals surface area contributed by atoms with Gasteiger partial charge in [0.1, 0.15) is 16.4 Å². The van der Waals surface area contributed by atoms with Gasteiger partial charge in [-0.05, 0) is 6.92 Å². The van der Waals surface area contributed by atoms with Crippen LogP contribution in [0, 0.1) is 0 Å². The molecule has 2 heterocycles. The molecular formula is C13H14N4O3S. The summed E-state index contributed by atoms with van der Waals surface area (Å²) >= 11 is 1.31. The molecule has 0 saturated heterocycles. The van der Waals surface area contributed by atoms with Crippen molar-refractivity contribution < 1.29 is 14.7 Å². The van der Waals surface area contributed by atoms with Crippen molar-refractivity contribution in [2.24, 2.45) is 0 Å². The van der Waals surface area contributed by atoms with E-state index in [4.69, 9.17) is 5.11 Å². The van der Waals surface area contributed by atoms with Crippen molar-refractivity contribution in [1.29, 1.82) is 0 Å². The lowest BCUT2D eigenvalue weighted by Gasteiger charge is -2.18. The standard InChI is InChI=1S/C13H14N4O3S/c1-2-17(6-3-11(18)19)13(20)10-8-21-12(16-10)9-7-14-4-5-15-9/h4-5,7-8H,2-3,6H2,1H3,(H,18,19). The Morgan fingerprint density at radius 2 is 2.19 bits per heavy atom. The monoisotopic (exact) mass is 306 g/mol. The van der Waals surface area contributed by atoms with Gasteiger partial charge in [0.2, 0.25) is 0 Å². The Kier molecular flexibility index (Phi) is 4.94. The Morgan fingerprint density at radius 3 is 2.81 bits per heavy atom. The summed E-state index contributed by atoms with van der Waals surface area (Å²) in [6.07, 6.45) is 4.62. The molecule has 0 radical (unpaired) electrons. The SMILES string of the molecule is CCN(CCC(=O)O)C(=O)c1csc(-c2cnccn2)n1. The van der Waals surface area contributed by atoms with E-state index in [1.165, 1.54) is 16.2 Å². The van der Waals surface area contributed by atoms with E-state index in [0.717, 1.165) is 0 Å². The molecule has 0 unspecified atom stereocenters. The van der Waals surface area contributed by atoms with Crippen LogP contribution in [-0.4, -0.2) is 49.9 Å². The first-order valence-corrected chi connectivity index (χ1v) is 7.22. The van der Waals surface area contributed by atoms with Crippen molar-refractivity contribution in [2.45, 2.75) is 13.3 Å². The van der Waals surface area contributed by atoms with Crippen molar-refractivity contribution in [1.82, 2.24) is 19.9 Å². The van der Waals surface area contributed by atoms with Gasteiger partial charge in [0.15, 0.2) is 0 Å². The first-order valence-electron chi connectivity index (χ1n) is 6.34. The summed E-state index contributed by atoms with van der Waals surface area (Å²) in [7, 11) is 0. The van der Waals surface area contributed by atoms with Crippen LogP contribution in [0.15, 0.2) is 24.0 Å². The van der Waals surface area contributed by atoms with Gasteiger partial charge in [0.05, 0.1) is 12.6 Å². The second-order valence-corrected chi connectivity index (χ2v) is 5.02. The quantitative estimate of drug-likeness (QED) is 0.869. The molecule has 0 fully saturated rings. The van der Waals surface area contributed by atoms with Crippen LogP contribution in [0.3, 0.4) is 0 Å². The minimum Gasteiger partial charge on any atom is -0.481 e. The molecule has 0 aliphatic rings. The molecule has 21 heavy (non-hydrogen) atoms. The number of carbonyl (C=O) groups is 2. The normalized spacial score (nSPS) is 10.3. The molecule has 2 aromatic heterocycles. The second-order valence-electron chi connectivity index (χ2n) is 4.16. The lowest BCUT2D eigenvalue weighted by molar-refractivity contribution is -0.137. The number of aliphatic carboxylic acids is 1. The Labute approximate surface area is 125 Å². The number of carbonyl (C=O) groups excluding carboxylic acids is 1. The van der Waals surface area contributed by atoms with Crippen LogP contribution >= 0.6 is 11.3 Å². The van der Waals surface area contributed by atoms with Gasteiger partial charge in [-0.2, -0.15) is 0 Å². The highest BCUT2D eigenvalue weighted by Crippen LogP contribution is 2.21. The minimum absolute atomic E-state index is 0.0826. The zero-order valence-electron chi connectivity index (χ0n) is 11.4. The molecule has 0 aromatic carbocycles. The largest absolute Gasteiger partial charge is 0.481 e. The molecule has 8 heteroatoms. The highest BCUT2D eigenvalue weighted by molar-refractivity contribution is 7.13. The van der Waals surface area contributed by atoms with E-state index in [2.05, 4.69) is 15.0 Å². The lowest BCUT2D eigenvalue weighted by Crippen LogP contribution is -2.33. The van der Waals surface area contributed by atoms with Gasteiger partial charge in [-0.1, -0.05) is 0 Å². The van der Waals surface area contributed by atoms with Crippen molar-refractivity contribution >= 4 is 23.2 Å².